The van der Waals surface area contributed by atoms with Crippen molar-refractivity contribution in [3.63, 3.8) is 0 Å². The van der Waals surface area contributed by atoms with Crippen LogP contribution in [0.3, 0.4) is 0 Å². The molecule has 0 radical (unpaired) electrons. The van der Waals surface area contributed by atoms with Gasteiger partial charge in [0.1, 0.15) is 6.54 Å². The molecule has 0 aliphatic carbocycles. The molecule has 3 N–H and O–H groups in total. The van der Waals surface area contributed by atoms with E-state index in [4.69, 9.17) is 10.5 Å². The van der Waals surface area contributed by atoms with Crippen molar-refractivity contribution in [1.29, 1.82) is 0 Å². The van der Waals surface area contributed by atoms with E-state index in [1.54, 1.807) is 18.3 Å². The molecule has 0 atom stereocenters. The number of methoxy groups -OCH3 is 1. The average molecular weight is 262 g/mol. The van der Waals surface area contributed by atoms with Crippen LogP contribution < -0.4 is 15.8 Å². The lowest BCUT2D eigenvalue weighted by atomic mass is 10.4. The van der Waals surface area contributed by atoms with Gasteiger partial charge in [-0.1, -0.05) is 5.21 Å². The number of carbonyl (C=O) groups excluding carboxylic acids is 1. The van der Waals surface area contributed by atoms with Gasteiger partial charge in [-0.25, -0.2) is 9.67 Å². The summed E-state index contributed by atoms with van der Waals surface area (Å²) >= 11 is 0. The van der Waals surface area contributed by atoms with Crippen molar-refractivity contribution in [2.75, 3.05) is 12.4 Å². The van der Waals surface area contributed by atoms with E-state index in [1.165, 1.54) is 18.0 Å². The summed E-state index contributed by atoms with van der Waals surface area (Å²) in [4.78, 5) is 15.7. The lowest BCUT2D eigenvalue weighted by Gasteiger charge is -2.05. The maximum atomic E-state index is 11.7. The molecule has 2 aromatic rings. The monoisotopic (exact) mass is 262 g/mol. The Hall–Kier alpha value is -2.48. The molecule has 19 heavy (non-hydrogen) atoms. The second-order valence-electron chi connectivity index (χ2n) is 3.75. The first-order valence-electron chi connectivity index (χ1n) is 5.60. The van der Waals surface area contributed by atoms with Crippen LogP contribution in [0.1, 0.15) is 5.69 Å². The van der Waals surface area contributed by atoms with E-state index in [0.717, 1.165) is 0 Å². The summed E-state index contributed by atoms with van der Waals surface area (Å²) in [6.07, 6.45) is 3.15. The van der Waals surface area contributed by atoms with Gasteiger partial charge in [0.15, 0.2) is 0 Å². The Morgan fingerprint density at radius 1 is 1.53 bits per heavy atom. The second-order valence-corrected chi connectivity index (χ2v) is 3.75. The number of ether oxygens (including phenoxy) is 1. The van der Waals surface area contributed by atoms with Crippen molar-refractivity contribution in [3.05, 3.63) is 30.2 Å². The molecule has 0 fully saturated rings. The van der Waals surface area contributed by atoms with Gasteiger partial charge in [0.25, 0.3) is 0 Å². The highest BCUT2D eigenvalue weighted by Gasteiger charge is 2.06. The summed E-state index contributed by atoms with van der Waals surface area (Å²) in [5.41, 5.74) is 6.63. The average Bonchev–Trinajstić information content (AvgIpc) is 2.87. The van der Waals surface area contributed by atoms with Crippen LogP contribution in [-0.2, 0) is 17.9 Å². The molecule has 8 nitrogen and oxygen atoms in total. The van der Waals surface area contributed by atoms with Crippen LogP contribution >= 0.6 is 0 Å². The van der Waals surface area contributed by atoms with Crippen molar-refractivity contribution >= 4 is 11.6 Å². The molecular formula is C11H14N6O2. The van der Waals surface area contributed by atoms with Crippen molar-refractivity contribution in [2.24, 2.45) is 5.73 Å². The van der Waals surface area contributed by atoms with Gasteiger partial charge < -0.3 is 15.8 Å². The number of amides is 1. The van der Waals surface area contributed by atoms with Crippen LogP contribution in [0.4, 0.5) is 5.69 Å². The van der Waals surface area contributed by atoms with Gasteiger partial charge in [-0.05, 0) is 6.07 Å². The van der Waals surface area contributed by atoms with Gasteiger partial charge in [0.2, 0.25) is 11.8 Å². The third-order valence-corrected chi connectivity index (χ3v) is 2.33. The van der Waals surface area contributed by atoms with E-state index in [0.29, 0.717) is 23.8 Å². The van der Waals surface area contributed by atoms with Gasteiger partial charge in [-0.3, -0.25) is 4.79 Å². The first-order valence-corrected chi connectivity index (χ1v) is 5.60. The summed E-state index contributed by atoms with van der Waals surface area (Å²) in [6, 6.07) is 3.37. The smallest absolute Gasteiger partial charge is 0.246 e. The standard InChI is InChI=1S/C11H14N6O2/c1-19-11-3-2-8(5-13-11)14-10(18)7-17-6-9(4-12)15-16-17/h2-3,5-6H,4,7,12H2,1H3,(H,14,18). The SMILES string of the molecule is COc1ccc(NC(=O)Cn2cc(CN)nn2)cn1. The molecule has 0 aliphatic heterocycles. The van der Waals surface area contributed by atoms with E-state index < -0.39 is 0 Å². The van der Waals surface area contributed by atoms with Crippen molar-refractivity contribution < 1.29 is 9.53 Å². The number of nitrogens with two attached hydrogens (primary N) is 1. The van der Waals surface area contributed by atoms with Crippen molar-refractivity contribution in [1.82, 2.24) is 20.0 Å². The highest BCUT2D eigenvalue weighted by molar-refractivity contribution is 5.90. The topological polar surface area (TPSA) is 108 Å². The van der Waals surface area contributed by atoms with Crippen molar-refractivity contribution in [3.8, 4) is 5.88 Å². The molecule has 0 aliphatic rings. The Kier molecular flexibility index (Phi) is 4.04. The largest absolute Gasteiger partial charge is 0.481 e. The number of rotatable bonds is 5. The van der Waals surface area contributed by atoms with Gasteiger partial charge in [0, 0.05) is 12.6 Å². The molecule has 0 bridgehead atoms. The molecule has 100 valence electrons. The molecule has 0 spiro atoms. The van der Waals surface area contributed by atoms with E-state index in [-0.39, 0.29) is 12.5 Å². The maximum Gasteiger partial charge on any atom is 0.246 e. The summed E-state index contributed by atoms with van der Waals surface area (Å²) in [7, 11) is 1.53. The minimum Gasteiger partial charge on any atom is -0.481 e. The minimum atomic E-state index is -0.222. The molecule has 0 saturated carbocycles. The Morgan fingerprint density at radius 2 is 2.37 bits per heavy atom. The zero-order valence-electron chi connectivity index (χ0n) is 10.4. The fourth-order valence-corrected chi connectivity index (χ4v) is 1.43. The van der Waals surface area contributed by atoms with Gasteiger partial charge >= 0.3 is 0 Å². The van der Waals surface area contributed by atoms with Crippen LogP contribution in [0.5, 0.6) is 5.88 Å². The molecule has 2 aromatic heterocycles. The number of hydrogen-bond donors (Lipinski definition) is 2. The molecule has 0 saturated heterocycles. The highest BCUT2D eigenvalue weighted by atomic mass is 16.5. The first-order chi connectivity index (χ1) is 9.21. The zero-order chi connectivity index (χ0) is 13.7. The molecule has 0 unspecified atom stereocenters. The molecule has 2 rings (SSSR count). The maximum absolute atomic E-state index is 11.7. The van der Waals surface area contributed by atoms with Crippen LogP contribution in [0, 0.1) is 0 Å². The predicted molar refractivity (Wildman–Crippen MR) is 67.3 cm³/mol. The van der Waals surface area contributed by atoms with Gasteiger partial charge in [-0.2, -0.15) is 0 Å². The quantitative estimate of drug-likeness (QED) is 0.771. The first kappa shape index (κ1) is 13.0. The molecule has 0 aromatic carbocycles. The molecule has 1 amide bonds. The molecule has 8 heteroatoms. The Balaban J connectivity index is 1.93. The Bertz CT molecular complexity index is 551. The Morgan fingerprint density at radius 3 is 2.95 bits per heavy atom. The van der Waals surface area contributed by atoms with Crippen molar-refractivity contribution in [2.45, 2.75) is 13.1 Å². The third-order valence-electron chi connectivity index (χ3n) is 2.33. The number of carbonyl (C=O) groups is 1. The van der Waals surface area contributed by atoms with Crippen LogP contribution in [0.2, 0.25) is 0 Å². The number of aromatic nitrogens is 4. The Labute approximate surface area is 109 Å². The van der Waals surface area contributed by atoms with Gasteiger partial charge in [0.05, 0.1) is 30.9 Å². The highest BCUT2D eigenvalue weighted by Crippen LogP contribution is 2.10. The van der Waals surface area contributed by atoms with Gasteiger partial charge in [-0.15, -0.1) is 5.10 Å². The van der Waals surface area contributed by atoms with Crippen LogP contribution in [0.25, 0.3) is 0 Å². The summed E-state index contributed by atoms with van der Waals surface area (Å²) in [5, 5.41) is 10.3. The number of nitrogens with one attached hydrogen (secondary N) is 1. The summed E-state index contributed by atoms with van der Waals surface area (Å²) in [5.74, 6) is 0.266. The minimum absolute atomic E-state index is 0.0685. The number of pyridine rings is 1. The predicted octanol–water partition coefficient (Wildman–Crippen LogP) is -0.221. The lowest BCUT2D eigenvalue weighted by Crippen LogP contribution is -2.19. The fraction of sp³-hybridized carbons (Fsp3) is 0.273. The normalized spacial score (nSPS) is 10.2. The summed E-state index contributed by atoms with van der Waals surface area (Å²) < 4.78 is 6.35. The third kappa shape index (κ3) is 3.49. The van der Waals surface area contributed by atoms with E-state index in [9.17, 15) is 4.79 Å². The van der Waals surface area contributed by atoms with E-state index in [1.807, 2.05) is 0 Å². The molecule has 2 heterocycles. The second kappa shape index (κ2) is 5.91. The number of nitrogens with zero attached hydrogens (tertiary/aromatic N) is 4. The van der Waals surface area contributed by atoms with E-state index >= 15 is 0 Å². The van der Waals surface area contributed by atoms with Crippen LogP contribution in [0.15, 0.2) is 24.5 Å². The fourth-order valence-electron chi connectivity index (χ4n) is 1.43. The lowest BCUT2D eigenvalue weighted by molar-refractivity contribution is -0.116. The van der Waals surface area contributed by atoms with Crippen LogP contribution in [-0.4, -0.2) is 33.0 Å². The number of anilines is 1. The number of hydrogen-bond acceptors (Lipinski definition) is 6. The zero-order valence-corrected chi connectivity index (χ0v) is 10.4. The molecular weight excluding hydrogens is 248 g/mol. The summed E-state index contributed by atoms with van der Waals surface area (Å²) in [6.45, 7) is 0.364. The van der Waals surface area contributed by atoms with E-state index in [2.05, 4.69) is 20.6 Å².